The van der Waals surface area contributed by atoms with E-state index >= 15 is 0 Å². The summed E-state index contributed by atoms with van der Waals surface area (Å²) in [5.41, 5.74) is 6.43. The maximum absolute atomic E-state index is 12.4. The summed E-state index contributed by atoms with van der Waals surface area (Å²) in [6.07, 6.45) is 0. The number of rotatable bonds is 6. The van der Waals surface area contributed by atoms with Gasteiger partial charge in [0.05, 0.1) is 11.0 Å². The third-order valence-electron chi connectivity index (χ3n) is 5.56. The standard InChI is InChI=1S/C27H27ClN4O2S/c1-15(2)20-9-8-16(3)10-24(20)34-14-25(33)32-27(35)29-19-7-5-6-18(12-19)26-30-22-11-17(4)21(28)13-23(22)31-26/h5-13,15H,14H2,1-4H3,(H,30,31)(H2,29,32,33,35). The van der Waals surface area contributed by atoms with E-state index < -0.39 is 0 Å². The number of benzene rings is 3. The number of amides is 1. The molecule has 0 unspecified atom stereocenters. The summed E-state index contributed by atoms with van der Waals surface area (Å²) in [5, 5.41) is 6.60. The zero-order valence-corrected chi connectivity index (χ0v) is 21.6. The van der Waals surface area contributed by atoms with Gasteiger partial charge in [-0.05, 0) is 79.0 Å². The SMILES string of the molecule is Cc1ccc(C(C)C)c(OCC(=O)NC(=S)Nc2cccc(-c3nc4cc(Cl)c(C)cc4[nH]3)c2)c1. The highest BCUT2D eigenvalue weighted by atomic mass is 35.5. The number of nitrogens with zero attached hydrogens (tertiary/aromatic N) is 1. The summed E-state index contributed by atoms with van der Waals surface area (Å²) in [5.74, 6) is 1.38. The molecule has 6 nitrogen and oxygen atoms in total. The second-order valence-corrected chi connectivity index (χ2v) is 9.59. The summed E-state index contributed by atoms with van der Waals surface area (Å²) in [6, 6.07) is 17.4. The quantitative estimate of drug-likeness (QED) is 0.259. The van der Waals surface area contributed by atoms with Crippen molar-refractivity contribution in [2.45, 2.75) is 33.6 Å². The van der Waals surface area contributed by atoms with E-state index in [1.54, 1.807) is 0 Å². The van der Waals surface area contributed by atoms with Crippen LogP contribution in [0.15, 0.2) is 54.6 Å². The molecule has 3 aromatic carbocycles. The average Bonchev–Trinajstić information content (AvgIpc) is 3.20. The Kier molecular flexibility index (Phi) is 7.38. The van der Waals surface area contributed by atoms with Gasteiger partial charge in [-0.1, -0.05) is 49.7 Å². The van der Waals surface area contributed by atoms with Crippen LogP contribution in [0.1, 0.15) is 36.5 Å². The Morgan fingerprint density at radius 1 is 1.14 bits per heavy atom. The van der Waals surface area contributed by atoms with Crippen LogP contribution in [-0.4, -0.2) is 27.6 Å². The molecular weight excluding hydrogens is 480 g/mol. The van der Waals surface area contributed by atoms with E-state index in [2.05, 4.69) is 34.4 Å². The third kappa shape index (κ3) is 5.99. The molecule has 0 bridgehead atoms. The predicted molar refractivity (Wildman–Crippen MR) is 146 cm³/mol. The lowest BCUT2D eigenvalue weighted by Crippen LogP contribution is -2.37. The van der Waals surface area contributed by atoms with Crippen LogP contribution in [0, 0.1) is 13.8 Å². The summed E-state index contributed by atoms with van der Waals surface area (Å²) >= 11 is 11.6. The zero-order valence-electron chi connectivity index (χ0n) is 20.0. The number of aryl methyl sites for hydroxylation is 2. The van der Waals surface area contributed by atoms with Gasteiger partial charge in [-0.3, -0.25) is 10.1 Å². The topological polar surface area (TPSA) is 79.0 Å². The van der Waals surface area contributed by atoms with E-state index in [-0.39, 0.29) is 23.5 Å². The third-order valence-corrected chi connectivity index (χ3v) is 6.17. The summed E-state index contributed by atoms with van der Waals surface area (Å²) in [4.78, 5) is 20.4. The Bertz CT molecular complexity index is 1370. The molecule has 0 aliphatic heterocycles. The largest absolute Gasteiger partial charge is 0.483 e. The van der Waals surface area contributed by atoms with E-state index in [1.165, 1.54) is 0 Å². The smallest absolute Gasteiger partial charge is 0.264 e. The number of hydrogen-bond acceptors (Lipinski definition) is 4. The number of nitrogens with one attached hydrogen (secondary N) is 3. The lowest BCUT2D eigenvalue weighted by molar-refractivity contribution is -0.121. The Balaban J connectivity index is 1.39. The van der Waals surface area contributed by atoms with Crippen molar-refractivity contribution in [2.75, 3.05) is 11.9 Å². The highest BCUT2D eigenvalue weighted by Crippen LogP contribution is 2.28. The molecular formula is C27H27ClN4O2S. The molecule has 4 aromatic rings. The molecule has 1 aromatic heterocycles. The lowest BCUT2D eigenvalue weighted by Gasteiger charge is -2.15. The Hall–Kier alpha value is -3.42. The minimum absolute atomic E-state index is 0.133. The van der Waals surface area contributed by atoms with Crippen molar-refractivity contribution in [3.05, 3.63) is 76.3 Å². The second-order valence-electron chi connectivity index (χ2n) is 8.77. The zero-order chi connectivity index (χ0) is 25.1. The van der Waals surface area contributed by atoms with Gasteiger partial charge in [-0.25, -0.2) is 4.98 Å². The van der Waals surface area contributed by atoms with E-state index in [1.807, 2.05) is 68.4 Å². The van der Waals surface area contributed by atoms with Crippen LogP contribution in [0.3, 0.4) is 0 Å². The van der Waals surface area contributed by atoms with Gasteiger partial charge in [-0.15, -0.1) is 0 Å². The fraction of sp³-hybridized carbons (Fsp3) is 0.222. The van der Waals surface area contributed by atoms with Crippen molar-refractivity contribution in [1.82, 2.24) is 15.3 Å². The molecule has 0 saturated heterocycles. The number of aromatic nitrogens is 2. The van der Waals surface area contributed by atoms with Crippen molar-refractivity contribution in [3.63, 3.8) is 0 Å². The van der Waals surface area contributed by atoms with Gasteiger partial charge in [-0.2, -0.15) is 0 Å². The van der Waals surface area contributed by atoms with Gasteiger partial charge in [0, 0.05) is 16.3 Å². The molecule has 0 aliphatic carbocycles. The molecule has 35 heavy (non-hydrogen) atoms. The van der Waals surface area contributed by atoms with E-state index in [4.69, 9.17) is 28.6 Å². The van der Waals surface area contributed by atoms with Crippen molar-refractivity contribution in [1.29, 1.82) is 0 Å². The molecule has 0 saturated carbocycles. The van der Waals surface area contributed by atoms with Crippen LogP contribution in [0.25, 0.3) is 22.4 Å². The Morgan fingerprint density at radius 3 is 2.71 bits per heavy atom. The van der Waals surface area contributed by atoms with Crippen molar-refractivity contribution in [3.8, 4) is 17.1 Å². The van der Waals surface area contributed by atoms with E-state index in [0.717, 1.165) is 39.0 Å². The first-order chi connectivity index (χ1) is 16.7. The van der Waals surface area contributed by atoms with Crippen LogP contribution in [0.4, 0.5) is 5.69 Å². The summed E-state index contributed by atoms with van der Waals surface area (Å²) in [7, 11) is 0. The number of H-pyrrole nitrogens is 1. The molecule has 8 heteroatoms. The van der Waals surface area contributed by atoms with Crippen molar-refractivity contribution in [2.24, 2.45) is 0 Å². The Labute approximate surface area is 215 Å². The van der Waals surface area contributed by atoms with Gasteiger partial charge < -0.3 is 15.0 Å². The van der Waals surface area contributed by atoms with Gasteiger partial charge in [0.25, 0.3) is 5.91 Å². The number of carbonyl (C=O) groups is 1. The normalized spacial score (nSPS) is 11.0. The molecule has 4 rings (SSSR count). The van der Waals surface area contributed by atoms with E-state index in [9.17, 15) is 4.79 Å². The number of aromatic amines is 1. The summed E-state index contributed by atoms with van der Waals surface area (Å²) < 4.78 is 5.79. The fourth-order valence-corrected chi connectivity index (χ4v) is 4.12. The second kappa shape index (κ2) is 10.5. The molecule has 0 spiro atoms. The maximum atomic E-state index is 12.4. The first kappa shape index (κ1) is 24.7. The lowest BCUT2D eigenvalue weighted by atomic mass is 10.0. The van der Waals surface area contributed by atoms with E-state index in [0.29, 0.717) is 16.6 Å². The molecule has 180 valence electrons. The molecule has 1 heterocycles. The number of anilines is 1. The number of imidazole rings is 1. The molecule has 0 atom stereocenters. The fourth-order valence-electron chi connectivity index (χ4n) is 3.73. The maximum Gasteiger partial charge on any atom is 0.264 e. The van der Waals surface area contributed by atoms with Crippen LogP contribution < -0.4 is 15.4 Å². The number of carbonyl (C=O) groups excluding carboxylic acids is 1. The van der Waals surface area contributed by atoms with Crippen molar-refractivity contribution < 1.29 is 9.53 Å². The minimum Gasteiger partial charge on any atom is -0.483 e. The number of fused-ring (bicyclic) bond motifs is 1. The number of hydrogen-bond donors (Lipinski definition) is 3. The average molecular weight is 507 g/mol. The molecule has 1 amide bonds. The number of thiocarbonyl (C=S) groups is 1. The first-order valence-corrected chi connectivity index (χ1v) is 12.1. The molecule has 3 N–H and O–H groups in total. The van der Waals surface area contributed by atoms with Gasteiger partial charge in [0.2, 0.25) is 0 Å². The van der Waals surface area contributed by atoms with Crippen LogP contribution in [0.5, 0.6) is 5.75 Å². The number of halogens is 1. The van der Waals surface area contributed by atoms with Crippen molar-refractivity contribution >= 4 is 51.6 Å². The van der Waals surface area contributed by atoms with Gasteiger partial charge >= 0.3 is 0 Å². The highest BCUT2D eigenvalue weighted by molar-refractivity contribution is 7.80. The summed E-state index contributed by atoms with van der Waals surface area (Å²) in [6.45, 7) is 7.99. The van der Waals surface area contributed by atoms with Gasteiger partial charge in [0.15, 0.2) is 11.7 Å². The minimum atomic E-state index is -0.334. The van der Waals surface area contributed by atoms with Crippen LogP contribution >= 0.6 is 23.8 Å². The highest BCUT2D eigenvalue weighted by Gasteiger charge is 2.12. The van der Waals surface area contributed by atoms with Crippen LogP contribution in [0.2, 0.25) is 5.02 Å². The van der Waals surface area contributed by atoms with Crippen LogP contribution in [-0.2, 0) is 4.79 Å². The number of ether oxygens (including phenoxy) is 1. The monoisotopic (exact) mass is 506 g/mol. The Morgan fingerprint density at radius 2 is 1.94 bits per heavy atom. The molecule has 0 radical (unpaired) electrons. The molecule has 0 fully saturated rings. The predicted octanol–water partition coefficient (Wildman–Crippen LogP) is 6.52. The van der Waals surface area contributed by atoms with Gasteiger partial charge in [0.1, 0.15) is 11.6 Å². The first-order valence-electron chi connectivity index (χ1n) is 11.3. The molecule has 0 aliphatic rings.